The lowest BCUT2D eigenvalue weighted by atomic mass is 9.93. The highest BCUT2D eigenvalue weighted by Gasteiger charge is 2.66. The number of fused-ring (bicyclic) bond motifs is 5. The molecule has 3 fully saturated rings. The summed E-state index contributed by atoms with van der Waals surface area (Å²) in [6, 6.07) is 4.04. The van der Waals surface area contributed by atoms with Gasteiger partial charge in [-0.3, -0.25) is 0 Å². The van der Waals surface area contributed by atoms with Gasteiger partial charge in [-0.1, -0.05) is 0 Å². The van der Waals surface area contributed by atoms with E-state index in [-0.39, 0.29) is 6.04 Å². The van der Waals surface area contributed by atoms with Gasteiger partial charge >= 0.3 is 0 Å². The smallest absolute Gasteiger partial charge is 0.126 e. The monoisotopic (exact) mass is 263 g/mol. The first-order valence-corrected chi connectivity index (χ1v) is 7.32. The second kappa shape index (κ2) is 4.02. The number of benzene rings is 1. The summed E-state index contributed by atoms with van der Waals surface area (Å²) < 4.78 is 26.8. The van der Waals surface area contributed by atoms with E-state index in [2.05, 4.69) is 5.32 Å². The minimum atomic E-state index is -0.468. The topological polar surface area (TPSA) is 12.0 Å². The first-order chi connectivity index (χ1) is 9.19. The van der Waals surface area contributed by atoms with Crippen molar-refractivity contribution < 1.29 is 8.78 Å². The van der Waals surface area contributed by atoms with Gasteiger partial charge in [0.05, 0.1) is 0 Å². The summed E-state index contributed by atoms with van der Waals surface area (Å²) in [4.78, 5) is 0. The first-order valence-electron chi connectivity index (χ1n) is 7.32. The molecule has 0 radical (unpaired) electrons. The number of hydrogen-bond acceptors (Lipinski definition) is 1. The molecule has 2 bridgehead atoms. The molecule has 3 aliphatic carbocycles. The maximum absolute atomic E-state index is 13.4. The van der Waals surface area contributed by atoms with Crippen LogP contribution in [0.3, 0.4) is 0 Å². The fourth-order valence-electron chi connectivity index (χ4n) is 5.17. The van der Waals surface area contributed by atoms with Crippen LogP contribution < -0.4 is 5.32 Å². The number of nitrogens with one attached hydrogen (secondary N) is 1. The van der Waals surface area contributed by atoms with Crippen molar-refractivity contribution in [1.82, 2.24) is 5.32 Å². The molecule has 1 nitrogen and oxygen atoms in total. The Balaban J connectivity index is 1.62. The number of rotatable bonds is 3. The van der Waals surface area contributed by atoms with Crippen molar-refractivity contribution >= 4 is 0 Å². The average Bonchev–Trinajstić information content (AvgIpc) is 2.79. The largest absolute Gasteiger partial charge is 0.313 e. The van der Waals surface area contributed by atoms with Crippen LogP contribution in [0.25, 0.3) is 0 Å². The molecule has 19 heavy (non-hydrogen) atoms. The van der Waals surface area contributed by atoms with E-state index in [9.17, 15) is 8.78 Å². The molecule has 3 saturated carbocycles. The number of hydrogen-bond donors (Lipinski definition) is 1. The van der Waals surface area contributed by atoms with Crippen LogP contribution in [0.2, 0.25) is 0 Å². The molecule has 102 valence electrons. The van der Waals surface area contributed by atoms with Crippen molar-refractivity contribution in [3.8, 4) is 0 Å². The van der Waals surface area contributed by atoms with Gasteiger partial charge in [0, 0.05) is 12.1 Å². The molecular formula is C16H19F2N. The van der Waals surface area contributed by atoms with Gasteiger partial charge in [-0.25, -0.2) is 8.78 Å². The lowest BCUT2D eigenvalue weighted by Gasteiger charge is -2.20. The second-order valence-electron chi connectivity index (χ2n) is 6.53. The molecule has 0 amide bonds. The zero-order chi connectivity index (χ0) is 13.1. The Hall–Kier alpha value is -0.960. The van der Waals surface area contributed by atoms with Crippen molar-refractivity contribution in [3.63, 3.8) is 0 Å². The Morgan fingerprint density at radius 2 is 1.63 bits per heavy atom. The summed E-state index contributed by atoms with van der Waals surface area (Å²) in [5, 5.41) is 3.30. The van der Waals surface area contributed by atoms with Crippen molar-refractivity contribution in [2.45, 2.75) is 25.3 Å². The van der Waals surface area contributed by atoms with Gasteiger partial charge < -0.3 is 5.32 Å². The van der Waals surface area contributed by atoms with Crippen LogP contribution in [0.4, 0.5) is 8.78 Å². The lowest BCUT2D eigenvalue weighted by Crippen LogP contribution is -2.22. The summed E-state index contributed by atoms with van der Waals surface area (Å²) in [5.74, 6) is 3.04. The molecule has 3 aliphatic rings. The molecule has 4 rings (SSSR count). The third-order valence-electron chi connectivity index (χ3n) is 5.73. The van der Waals surface area contributed by atoms with Gasteiger partial charge in [0.15, 0.2) is 0 Å². The minimum Gasteiger partial charge on any atom is -0.313 e. The van der Waals surface area contributed by atoms with E-state index in [1.165, 1.54) is 31.4 Å². The van der Waals surface area contributed by atoms with Crippen LogP contribution in [-0.2, 0) is 0 Å². The van der Waals surface area contributed by atoms with Crippen LogP contribution in [0.15, 0.2) is 18.2 Å². The predicted molar refractivity (Wildman–Crippen MR) is 69.5 cm³/mol. The van der Waals surface area contributed by atoms with Crippen molar-refractivity contribution in [3.05, 3.63) is 35.4 Å². The molecule has 1 aromatic rings. The Bertz CT molecular complexity index is 479. The van der Waals surface area contributed by atoms with Crippen LogP contribution in [0.5, 0.6) is 0 Å². The van der Waals surface area contributed by atoms with Gasteiger partial charge in [0.25, 0.3) is 0 Å². The zero-order valence-electron chi connectivity index (χ0n) is 11.1. The van der Waals surface area contributed by atoms with Crippen LogP contribution in [0.1, 0.15) is 30.9 Å². The zero-order valence-corrected chi connectivity index (χ0v) is 11.1. The standard InChI is InChI=1S/C16H19F2N/c1-19-16(10-5-11(17)7-12(18)6-10)15-13-8-2-3-9(4-8)14(13)15/h5-9,13-16,19H,2-4H2,1H3. The molecule has 1 aromatic carbocycles. The highest BCUT2D eigenvalue weighted by Crippen LogP contribution is 2.72. The summed E-state index contributed by atoms with van der Waals surface area (Å²) >= 11 is 0. The molecule has 0 spiro atoms. The molecule has 1 N–H and O–H groups in total. The fourth-order valence-corrected chi connectivity index (χ4v) is 5.17. The van der Waals surface area contributed by atoms with Crippen molar-refractivity contribution in [2.24, 2.45) is 29.6 Å². The van der Waals surface area contributed by atoms with Gasteiger partial charge in [0.2, 0.25) is 0 Å². The van der Waals surface area contributed by atoms with Crippen LogP contribution in [0, 0.1) is 41.2 Å². The summed E-state index contributed by atoms with van der Waals surface area (Å²) in [5.41, 5.74) is 0.777. The maximum atomic E-state index is 13.4. The quantitative estimate of drug-likeness (QED) is 0.880. The minimum absolute atomic E-state index is 0.114. The summed E-state index contributed by atoms with van der Waals surface area (Å²) in [6.45, 7) is 0. The van der Waals surface area contributed by atoms with E-state index in [1.807, 2.05) is 7.05 Å². The third-order valence-corrected chi connectivity index (χ3v) is 5.73. The SMILES string of the molecule is CNC(c1cc(F)cc(F)c1)C1C2C3CCC(C3)C21. The van der Waals surface area contributed by atoms with E-state index >= 15 is 0 Å². The normalized spacial score (nSPS) is 40.3. The molecule has 5 unspecified atom stereocenters. The Labute approximate surface area is 112 Å². The summed E-state index contributed by atoms with van der Waals surface area (Å²) in [7, 11) is 1.91. The van der Waals surface area contributed by atoms with Crippen LogP contribution >= 0.6 is 0 Å². The first kappa shape index (κ1) is 11.8. The Morgan fingerprint density at radius 3 is 2.16 bits per heavy atom. The molecule has 0 saturated heterocycles. The molecule has 0 aromatic heterocycles. The van der Waals surface area contributed by atoms with E-state index in [4.69, 9.17) is 0 Å². The fraction of sp³-hybridized carbons (Fsp3) is 0.625. The van der Waals surface area contributed by atoms with E-state index in [0.29, 0.717) is 5.92 Å². The van der Waals surface area contributed by atoms with E-state index in [1.54, 1.807) is 0 Å². The second-order valence-corrected chi connectivity index (χ2v) is 6.53. The molecule has 5 atom stereocenters. The van der Waals surface area contributed by atoms with Gasteiger partial charge in [0.1, 0.15) is 11.6 Å². The van der Waals surface area contributed by atoms with Gasteiger partial charge in [-0.2, -0.15) is 0 Å². The van der Waals surface area contributed by atoms with Gasteiger partial charge in [-0.05, 0) is 73.6 Å². The molecule has 3 heteroatoms. The van der Waals surface area contributed by atoms with Crippen molar-refractivity contribution in [2.75, 3.05) is 7.05 Å². The third kappa shape index (κ3) is 1.67. The molecular weight excluding hydrogens is 244 g/mol. The lowest BCUT2D eigenvalue weighted by molar-refractivity contribution is 0.383. The average molecular weight is 263 g/mol. The molecule has 0 aliphatic heterocycles. The van der Waals surface area contributed by atoms with Crippen molar-refractivity contribution in [1.29, 1.82) is 0 Å². The van der Waals surface area contributed by atoms with Crippen LogP contribution in [-0.4, -0.2) is 7.05 Å². The number of halogens is 2. The highest BCUT2D eigenvalue weighted by atomic mass is 19.1. The van der Waals surface area contributed by atoms with E-state index < -0.39 is 11.6 Å². The van der Waals surface area contributed by atoms with Gasteiger partial charge in [-0.15, -0.1) is 0 Å². The summed E-state index contributed by atoms with van der Waals surface area (Å²) in [6.07, 6.45) is 4.15. The highest BCUT2D eigenvalue weighted by molar-refractivity contribution is 5.27. The Kier molecular flexibility index (Phi) is 2.50. The van der Waals surface area contributed by atoms with E-state index in [0.717, 1.165) is 35.3 Å². The molecule has 0 heterocycles. The predicted octanol–water partition coefficient (Wildman–Crippen LogP) is 3.52. The Morgan fingerprint density at radius 1 is 1.05 bits per heavy atom. The maximum Gasteiger partial charge on any atom is 0.126 e.